The van der Waals surface area contributed by atoms with Gasteiger partial charge in [-0.2, -0.15) is 5.26 Å². The van der Waals surface area contributed by atoms with Gasteiger partial charge in [0.2, 0.25) is 5.79 Å². The Balaban J connectivity index is 2.62. The molecule has 0 radical (unpaired) electrons. The van der Waals surface area contributed by atoms with E-state index in [2.05, 4.69) is 0 Å². The number of cyclic esters (lactones) is 1. The molecule has 16 heavy (non-hydrogen) atoms. The van der Waals surface area contributed by atoms with E-state index in [4.69, 9.17) is 14.7 Å². The van der Waals surface area contributed by atoms with Crippen LogP contribution in [0.1, 0.15) is 29.8 Å². The molecule has 0 saturated heterocycles. The Morgan fingerprint density at radius 1 is 1.38 bits per heavy atom. The molecule has 0 saturated carbocycles. The van der Waals surface area contributed by atoms with E-state index in [-0.39, 0.29) is 22.6 Å². The number of phenols is 1. The van der Waals surface area contributed by atoms with Crippen molar-refractivity contribution in [2.45, 2.75) is 19.6 Å². The van der Waals surface area contributed by atoms with Crippen molar-refractivity contribution in [3.63, 3.8) is 0 Å². The summed E-state index contributed by atoms with van der Waals surface area (Å²) in [6, 6.07) is 4.46. The molecule has 0 atom stereocenters. The van der Waals surface area contributed by atoms with Crippen LogP contribution in [0.15, 0.2) is 12.1 Å². The van der Waals surface area contributed by atoms with Crippen LogP contribution in [0.5, 0.6) is 11.5 Å². The maximum Gasteiger partial charge on any atom is 0.349 e. The molecule has 1 aromatic rings. The molecule has 5 heteroatoms. The molecule has 5 nitrogen and oxygen atoms in total. The fraction of sp³-hybridized carbons (Fsp3) is 0.273. The lowest BCUT2D eigenvalue weighted by Gasteiger charge is -2.31. The molecule has 2 rings (SSSR count). The zero-order valence-corrected chi connectivity index (χ0v) is 8.77. The summed E-state index contributed by atoms with van der Waals surface area (Å²) in [6.45, 7) is 3.15. The molecule has 0 spiro atoms. The van der Waals surface area contributed by atoms with E-state index in [1.54, 1.807) is 13.8 Å². The van der Waals surface area contributed by atoms with E-state index in [9.17, 15) is 9.90 Å². The van der Waals surface area contributed by atoms with Gasteiger partial charge in [-0.3, -0.25) is 0 Å². The molecule has 0 amide bonds. The van der Waals surface area contributed by atoms with E-state index >= 15 is 0 Å². The van der Waals surface area contributed by atoms with Gasteiger partial charge in [-0.05, 0) is 12.1 Å². The van der Waals surface area contributed by atoms with Gasteiger partial charge >= 0.3 is 5.97 Å². The molecule has 0 fully saturated rings. The highest BCUT2D eigenvalue weighted by Crippen LogP contribution is 2.37. The number of phenolic OH excluding ortho intramolecular Hbond substituents is 1. The Kier molecular flexibility index (Phi) is 2.02. The lowest BCUT2D eigenvalue weighted by molar-refractivity contribution is -0.127. The Hall–Kier alpha value is -2.22. The minimum absolute atomic E-state index is 0.0432. The zero-order valence-electron chi connectivity index (χ0n) is 8.77. The first-order chi connectivity index (χ1) is 7.43. The number of esters is 1. The maximum atomic E-state index is 11.6. The molecule has 0 aromatic heterocycles. The minimum Gasteiger partial charge on any atom is -0.507 e. The van der Waals surface area contributed by atoms with Crippen molar-refractivity contribution < 1.29 is 19.4 Å². The second kappa shape index (κ2) is 3.14. The van der Waals surface area contributed by atoms with E-state index in [1.807, 2.05) is 6.07 Å². The first kappa shape index (κ1) is 10.3. The van der Waals surface area contributed by atoms with Gasteiger partial charge in [0.25, 0.3) is 0 Å². The molecular formula is C11H9NO4. The smallest absolute Gasteiger partial charge is 0.349 e. The molecule has 0 unspecified atom stereocenters. The third kappa shape index (κ3) is 1.54. The summed E-state index contributed by atoms with van der Waals surface area (Å²) >= 11 is 0. The van der Waals surface area contributed by atoms with Gasteiger partial charge in [0.15, 0.2) is 0 Å². The second-order valence-electron chi connectivity index (χ2n) is 3.87. The van der Waals surface area contributed by atoms with Crippen LogP contribution < -0.4 is 4.74 Å². The summed E-state index contributed by atoms with van der Waals surface area (Å²) in [5, 5.41) is 18.3. The van der Waals surface area contributed by atoms with Gasteiger partial charge in [-0.1, -0.05) is 0 Å². The Labute approximate surface area is 91.8 Å². The van der Waals surface area contributed by atoms with Crippen LogP contribution in [-0.4, -0.2) is 16.9 Å². The van der Waals surface area contributed by atoms with Crippen molar-refractivity contribution >= 4 is 5.97 Å². The third-order valence-corrected chi connectivity index (χ3v) is 2.11. The van der Waals surface area contributed by atoms with Crippen LogP contribution in [0.25, 0.3) is 0 Å². The van der Waals surface area contributed by atoms with Crippen molar-refractivity contribution in [1.82, 2.24) is 0 Å². The summed E-state index contributed by atoms with van der Waals surface area (Å²) in [4.78, 5) is 11.6. The predicted octanol–water partition coefficient (Wildman–Crippen LogP) is 1.55. The third-order valence-electron chi connectivity index (χ3n) is 2.11. The molecule has 82 valence electrons. The van der Waals surface area contributed by atoms with Gasteiger partial charge in [-0.25, -0.2) is 4.79 Å². The molecule has 0 bridgehead atoms. The fourth-order valence-electron chi connectivity index (χ4n) is 1.51. The van der Waals surface area contributed by atoms with E-state index < -0.39 is 11.8 Å². The average Bonchev–Trinajstić information content (AvgIpc) is 2.13. The molecule has 1 aliphatic heterocycles. The summed E-state index contributed by atoms with van der Waals surface area (Å²) in [5.41, 5.74) is 0.181. The quantitative estimate of drug-likeness (QED) is 0.669. The number of nitriles is 1. The lowest BCUT2D eigenvalue weighted by Crippen LogP contribution is -2.38. The van der Waals surface area contributed by atoms with Crippen molar-refractivity contribution in [2.24, 2.45) is 0 Å². The number of nitrogens with zero attached hydrogens (tertiary/aromatic N) is 1. The first-order valence-corrected chi connectivity index (χ1v) is 4.62. The molecule has 1 aromatic carbocycles. The molecular weight excluding hydrogens is 210 g/mol. The lowest BCUT2D eigenvalue weighted by atomic mass is 10.1. The Morgan fingerprint density at radius 2 is 2.06 bits per heavy atom. The highest BCUT2D eigenvalue weighted by atomic mass is 16.7. The maximum absolute atomic E-state index is 11.6. The van der Waals surface area contributed by atoms with Crippen LogP contribution in [0, 0.1) is 11.3 Å². The monoisotopic (exact) mass is 219 g/mol. The fourth-order valence-corrected chi connectivity index (χ4v) is 1.51. The van der Waals surface area contributed by atoms with Crippen LogP contribution in [-0.2, 0) is 4.74 Å². The summed E-state index contributed by atoms with van der Waals surface area (Å²) in [7, 11) is 0. The summed E-state index contributed by atoms with van der Waals surface area (Å²) in [6.07, 6.45) is 0. The van der Waals surface area contributed by atoms with Gasteiger partial charge in [-0.15, -0.1) is 0 Å². The van der Waals surface area contributed by atoms with Crippen LogP contribution in [0.4, 0.5) is 0 Å². The molecule has 1 N–H and O–H groups in total. The van der Waals surface area contributed by atoms with Gasteiger partial charge in [0.1, 0.15) is 17.1 Å². The number of aromatic hydroxyl groups is 1. The summed E-state index contributed by atoms with van der Waals surface area (Å²) in [5.74, 6) is -1.90. The van der Waals surface area contributed by atoms with Crippen molar-refractivity contribution in [1.29, 1.82) is 5.26 Å². The van der Waals surface area contributed by atoms with Crippen LogP contribution in [0.2, 0.25) is 0 Å². The Morgan fingerprint density at radius 3 is 2.69 bits per heavy atom. The largest absolute Gasteiger partial charge is 0.507 e. The van der Waals surface area contributed by atoms with Crippen LogP contribution in [0.3, 0.4) is 0 Å². The Bertz CT molecular complexity index is 513. The normalized spacial score (nSPS) is 16.7. The molecule has 1 aliphatic rings. The van der Waals surface area contributed by atoms with Gasteiger partial charge in [0.05, 0.1) is 11.6 Å². The SMILES string of the molecule is CC1(C)OC(=O)c2c(O)cc(C#N)cc2O1. The van der Waals surface area contributed by atoms with Gasteiger partial charge < -0.3 is 14.6 Å². The number of hydrogen-bond donors (Lipinski definition) is 1. The standard InChI is InChI=1S/C11H9NO4/c1-11(2)15-8-4-6(5-12)3-7(13)9(8)10(14)16-11/h3-4,13H,1-2H3. The molecule has 0 aliphatic carbocycles. The highest BCUT2D eigenvalue weighted by molar-refractivity contribution is 5.96. The number of hydrogen-bond acceptors (Lipinski definition) is 5. The number of rotatable bonds is 0. The van der Waals surface area contributed by atoms with Crippen molar-refractivity contribution in [2.75, 3.05) is 0 Å². The first-order valence-electron chi connectivity index (χ1n) is 4.62. The highest BCUT2D eigenvalue weighted by Gasteiger charge is 2.36. The van der Waals surface area contributed by atoms with Crippen molar-refractivity contribution in [3.05, 3.63) is 23.3 Å². The average molecular weight is 219 g/mol. The predicted molar refractivity (Wildman–Crippen MR) is 52.9 cm³/mol. The zero-order chi connectivity index (χ0) is 11.9. The molecule has 1 heterocycles. The van der Waals surface area contributed by atoms with Crippen molar-refractivity contribution in [3.8, 4) is 17.6 Å². The number of carbonyl (C=O) groups is 1. The minimum atomic E-state index is -1.09. The van der Waals surface area contributed by atoms with E-state index in [0.717, 1.165) is 0 Å². The number of carbonyl (C=O) groups excluding carboxylic acids is 1. The van der Waals surface area contributed by atoms with E-state index in [1.165, 1.54) is 12.1 Å². The van der Waals surface area contributed by atoms with E-state index in [0.29, 0.717) is 0 Å². The van der Waals surface area contributed by atoms with Crippen LogP contribution >= 0.6 is 0 Å². The summed E-state index contributed by atoms with van der Waals surface area (Å²) < 4.78 is 10.3. The number of fused-ring (bicyclic) bond motifs is 1. The van der Waals surface area contributed by atoms with Gasteiger partial charge in [0, 0.05) is 13.8 Å². The topological polar surface area (TPSA) is 79.5 Å². The second-order valence-corrected chi connectivity index (χ2v) is 3.87. The number of ether oxygens (including phenoxy) is 2. The number of benzene rings is 1.